The van der Waals surface area contributed by atoms with Crippen LogP contribution in [0.2, 0.25) is 0 Å². The molecule has 2 fully saturated rings. The van der Waals surface area contributed by atoms with Gasteiger partial charge in [0.05, 0.1) is 5.52 Å². The van der Waals surface area contributed by atoms with Crippen molar-refractivity contribution >= 4 is 28.1 Å². The molecule has 0 bridgehead atoms. The van der Waals surface area contributed by atoms with E-state index in [0.717, 1.165) is 58.9 Å². The Kier molecular flexibility index (Phi) is 6.65. The molecule has 6 heteroatoms. The number of fused-ring (bicyclic) bond motifs is 1. The molecule has 0 radical (unpaired) electrons. The average molecular weight is 543 g/mol. The van der Waals surface area contributed by atoms with Gasteiger partial charge >= 0.3 is 0 Å². The maximum atomic E-state index is 9.91. The second kappa shape index (κ2) is 10.6. The quantitative estimate of drug-likeness (QED) is 0.229. The van der Waals surface area contributed by atoms with Gasteiger partial charge in [-0.1, -0.05) is 48.5 Å². The Bertz CT molecular complexity index is 1650. The standard InChI is InChI=1S/C35H34N4O2/c40-23-28-21-35(28)16-18-38(19-17-35)22-25-6-8-26(9-7-25)27-10-15-33-32(20-27)34(37-24-36-33)39(29-4-2-1-3-5-29)30-11-13-31(41)14-12-30/h1-15,20,24,28,40-41H,16-19,21-23H2. The summed E-state index contributed by atoms with van der Waals surface area (Å²) >= 11 is 0. The second-order valence-electron chi connectivity index (χ2n) is 11.5. The van der Waals surface area contributed by atoms with Crippen LogP contribution in [0, 0.1) is 11.3 Å². The summed E-state index contributed by atoms with van der Waals surface area (Å²) in [6.45, 7) is 3.55. The average Bonchev–Trinajstić information content (AvgIpc) is 3.72. The van der Waals surface area contributed by atoms with Crippen molar-refractivity contribution in [2.75, 3.05) is 24.6 Å². The number of hydrogen-bond acceptors (Lipinski definition) is 6. The Morgan fingerprint density at radius 1 is 0.805 bits per heavy atom. The number of aromatic nitrogens is 2. The van der Waals surface area contributed by atoms with E-state index < -0.39 is 0 Å². The Hall–Kier alpha value is -4.26. The van der Waals surface area contributed by atoms with Gasteiger partial charge in [0.25, 0.3) is 0 Å². The first-order valence-corrected chi connectivity index (χ1v) is 14.4. The summed E-state index contributed by atoms with van der Waals surface area (Å²) in [5.74, 6) is 1.55. The van der Waals surface area contributed by atoms with Gasteiger partial charge in [-0.25, -0.2) is 9.97 Å². The van der Waals surface area contributed by atoms with Gasteiger partial charge in [-0.3, -0.25) is 9.80 Å². The van der Waals surface area contributed by atoms with Crippen LogP contribution in [-0.2, 0) is 6.54 Å². The van der Waals surface area contributed by atoms with E-state index in [-0.39, 0.29) is 5.75 Å². The van der Waals surface area contributed by atoms with Crippen molar-refractivity contribution in [2.24, 2.45) is 11.3 Å². The molecule has 1 atom stereocenters. The van der Waals surface area contributed by atoms with Crippen LogP contribution in [0.4, 0.5) is 17.2 Å². The predicted octanol–water partition coefficient (Wildman–Crippen LogP) is 7.07. The molecule has 1 saturated heterocycles. The molecule has 1 saturated carbocycles. The Morgan fingerprint density at radius 3 is 2.22 bits per heavy atom. The number of hydrogen-bond donors (Lipinski definition) is 2. The zero-order valence-corrected chi connectivity index (χ0v) is 23.0. The SMILES string of the molecule is OCC1CC12CCN(Cc1ccc(-c3ccc4ncnc(N(c5ccccc5)c5ccc(O)cc5)c4c3)cc1)CC2. The number of para-hydroxylation sites is 1. The molecule has 1 aromatic heterocycles. The fraction of sp³-hybridized carbons (Fsp3) is 0.257. The van der Waals surface area contributed by atoms with Gasteiger partial charge in [-0.05, 0) is 109 Å². The highest BCUT2D eigenvalue weighted by atomic mass is 16.3. The topological polar surface area (TPSA) is 72.7 Å². The maximum Gasteiger partial charge on any atom is 0.148 e. The lowest BCUT2D eigenvalue weighted by molar-refractivity contribution is 0.142. The highest BCUT2D eigenvalue weighted by molar-refractivity contribution is 5.97. The summed E-state index contributed by atoms with van der Waals surface area (Å²) in [5.41, 5.74) is 6.78. The monoisotopic (exact) mass is 542 g/mol. The predicted molar refractivity (Wildman–Crippen MR) is 163 cm³/mol. The lowest BCUT2D eigenvalue weighted by atomic mass is 9.90. The number of benzene rings is 4. The highest BCUT2D eigenvalue weighted by Crippen LogP contribution is 2.59. The lowest BCUT2D eigenvalue weighted by Gasteiger charge is -2.33. The van der Waals surface area contributed by atoms with Crippen LogP contribution < -0.4 is 4.90 Å². The second-order valence-corrected chi connectivity index (χ2v) is 11.5. The minimum absolute atomic E-state index is 0.225. The van der Waals surface area contributed by atoms with Gasteiger partial charge < -0.3 is 10.2 Å². The number of likely N-dealkylation sites (tertiary alicyclic amines) is 1. The van der Waals surface area contributed by atoms with E-state index in [1.807, 2.05) is 30.3 Å². The minimum atomic E-state index is 0.225. The number of aromatic hydroxyl groups is 1. The fourth-order valence-electron chi connectivity index (χ4n) is 6.49. The molecule has 5 aromatic rings. The van der Waals surface area contributed by atoms with Crippen molar-refractivity contribution < 1.29 is 10.2 Å². The summed E-state index contributed by atoms with van der Waals surface area (Å²) < 4.78 is 0. The lowest BCUT2D eigenvalue weighted by Crippen LogP contribution is -2.34. The van der Waals surface area contributed by atoms with Gasteiger partial charge in [-0.2, -0.15) is 0 Å². The molecule has 41 heavy (non-hydrogen) atoms. The van der Waals surface area contributed by atoms with E-state index in [4.69, 9.17) is 4.98 Å². The zero-order valence-electron chi connectivity index (χ0n) is 23.0. The Balaban J connectivity index is 1.17. The van der Waals surface area contributed by atoms with Gasteiger partial charge in [0.15, 0.2) is 0 Å². The third-order valence-electron chi connectivity index (χ3n) is 9.07. The van der Waals surface area contributed by atoms with E-state index in [1.54, 1.807) is 18.5 Å². The zero-order chi connectivity index (χ0) is 27.8. The Morgan fingerprint density at radius 2 is 1.51 bits per heavy atom. The van der Waals surface area contributed by atoms with Crippen molar-refractivity contribution in [2.45, 2.75) is 25.8 Å². The van der Waals surface area contributed by atoms with Crippen molar-refractivity contribution in [1.29, 1.82) is 0 Å². The molecule has 4 aromatic carbocycles. The molecule has 2 N–H and O–H groups in total. The van der Waals surface area contributed by atoms with Crippen molar-refractivity contribution in [1.82, 2.24) is 14.9 Å². The number of nitrogens with zero attached hydrogens (tertiary/aromatic N) is 4. The molecular formula is C35H34N4O2. The largest absolute Gasteiger partial charge is 0.508 e. The first kappa shape index (κ1) is 25.7. The molecule has 2 heterocycles. The molecule has 1 aliphatic heterocycles. The number of anilines is 3. The third-order valence-corrected chi connectivity index (χ3v) is 9.07. The van der Waals surface area contributed by atoms with Crippen LogP contribution in [0.15, 0.2) is 103 Å². The smallest absolute Gasteiger partial charge is 0.148 e. The summed E-state index contributed by atoms with van der Waals surface area (Å²) in [4.78, 5) is 14.0. The van der Waals surface area contributed by atoms with E-state index in [2.05, 4.69) is 69.4 Å². The number of phenols is 1. The van der Waals surface area contributed by atoms with Gasteiger partial charge in [0.2, 0.25) is 0 Å². The maximum absolute atomic E-state index is 9.91. The normalized spacial score (nSPS) is 18.0. The minimum Gasteiger partial charge on any atom is -0.508 e. The number of phenolic OH excluding ortho intramolecular Hbond substituents is 1. The summed E-state index contributed by atoms with van der Waals surface area (Å²) in [6, 6.07) is 32.6. The van der Waals surface area contributed by atoms with Crippen LogP contribution in [0.3, 0.4) is 0 Å². The van der Waals surface area contributed by atoms with Crippen LogP contribution >= 0.6 is 0 Å². The fourth-order valence-corrected chi connectivity index (χ4v) is 6.49. The molecule has 1 aliphatic carbocycles. The number of aliphatic hydroxyl groups is 1. The Labute approximate surface area is 240 Å². The molecule has 0 amide bonds. The summed E-state index contributed by atoms with van der Waals surface area (Å²) in [7, 11) is 0. The first-order chi connectivity index (χ1) is 20.1. The molecule has 2 aliphatic rings. The van der Waals surface area contributed by atoms with Crippen LogP contribution in [-0.4, -0.2) is 44.8 Å². The summed E-state index contributed by atoms with van der Waals surface area (Å²) in [5, 5.41) is 20.4. The van der Waals surface area contributed by atoms with E-state index in [9.17, 15) is 10.2 Å². The first-order valence-electron chi connectivity index (χ1n) is 14.4. The van der Waals surface area contributed by atoms with Gasteiger partial charge in [0, 0.05) is 29.9 Å². The third kappa shape index (κ3) is 5.05. The van der Waals surface area contributed by atoms with Crippen LogP contribution in [0.5, 0.6) is 5.75 Å². The van der Waals surface area contributed by atoms with Crippen molar-refractivity contribution in [3.05, 3.63) is 109 Å². The van der Waals surface area contributed by atoms with Gasteiger partial charge in [0.1, 0.15) is 17.9 Å². The number of piperidine rings is 1. The van der Waals surface area contributed by atoms with Gasteiger partial charge in [-0.15, -0.1) is 0 Å². The van der Waals surface area contributed by atoms with E-state index in [0.29, 0.717) is 17.9 Å². The van der Waals surface area contributed by atoms with E-state index >= 15 is 0 Å². The van der Waals surface area contributed by atoms with Crippen LogP contribution in [0.1, 0.15) is 24.8 Å². The molecule has 206 valence electrons. The van der Waals surface area contributed by atoms with Crippen molar-refractivity contribution in [3.8, 4) is 16.9 Å². The molecule has 6 nitrogen and oxygen atoms in total. The molecule has 1 unspecified atom stereocenters. The molecule has 1 spiro atoms. The number of aliphatic hydroxyl groups excluding tert-OH is 1. The van der Waals surface area contributed by atoms with Crippen LogP contribution in [0.25, 0.3) is 22.0 Å². The number of rotatable bonds is 7. The molecular weight excluding hydrogens is 508 g/mol. The highest BCUT2D eigenvalue weighted by Gasteiger charge is 2.54. The van der Waals surface area contributed by atoms with E-state index in [1.165, 1.54) is 24.8 Å². The van der Waals surface area contributed by atoms with Crippen molar-refractivity contribution in [3.63, 3.8) is 0 Å². The summed E-state index contributed by atoms with van der Waals surface area (Å²) in [6.07, 6.45) is 5.24. The molecule has 7 rings (SSSR count).